The summed E-state index contributed by atoms with van der Waals surface area (Å²) in [5, 5.41) is 7.85. The lowest BCUT2D eigenvalue weighted by Gasteiger charge is -2.19. The number of thiazole rings is 1. The zero-order valence-corrected chi connectivity index (χ0v) is 14.5. The molecule has 0 amide bonds. The summed E-state index contributed by atoms with van der Waals surface area (Å²) < 4.78 is 0. The molecule has 0 spiro atoms. The third kappa shape index (κ3) is 4.31. The highest BCUT2D eigenvalue weighted by Crippen LogP contribution is 2.16. The van der Waals surface area contributed by atoms with Crippen molar-refractivity contribution in [3.05, 3.63) is 51.5 Å². The zero-order valence-electron chi connectivity index (χ0n) is 13.7. The van der Waals surface area contributed by atoms with Crippen molar-refractivity contribution < 1.29 is 0 Å². The third-order valence-electron chi connectivity index (χ3n) is 3.59. The van der Waals surface area contributed by atoms with Gasteiger partial charge in [-0.15, -0.1) is 11.3 Å². The number of benzene rings is 1. The molecule has 0 bridgehead atoms. The minimum Gasteiger partial charge on any atom is -0.350 e. The molecule has 1 aromatic heterocycles. The van der Waals surface area contributed by atoms with E-state index in [0.717, 1.165) is 17.4 Å². The van der Waals surface area contributed by atoms with Crippen LogP contribution in [0.2, 0.25) is 0 Å². The zero-order chi connectivity index (χ0) is 15.9. The monoisotopic (exact) mass is 316 g/mol. The number of aryl methyl sites for hydroxylation is 2. The van der Waals surface area contributed by atoms with Crippen molar-refractivity contribution in [1.29, 1.82) is 0 Å². The molecular formula is C17H24N4S. The van der Waals surface area contributed by atoms with E-state index in [1.807, 2.05) is 6.20 Å². The van der Waals surface area contributed by atoms with Crippen molar-refractivity contribution in [1.82, 2.24) is 15.6 Å². The van der Waals surface area contributed by atoms with E-state index in [4.69, 9.17) is 0 Å². The van der Waals surface area contributed by atoms with Crippen LogP contribution in [0.4, 0.5) is 0 Å². The molecular weight excluding hydrogens is 292 g/mol. The molecule has 0 aliphatic rings. The maximum Gasteiger partial charge on any atom is 0.191 e. The first-order chi connectivity index (χ1) is 10.6. The molecule has 4 nitrogen and oxygen atoms in total. The molecule has 2 rings (SSSR count). The van der Waals surface area contributed by atoms with Gasteiger partial charge in [0.25, 0.3) is 0 Å². The number of nitrogens with zero attached hydrogens (tertiary/aromatic N) is 2. The van der Waals surface area contributed by atoms with Crippen LogP contribution in [-0.2, 0) is 13.0 Å². The Morgan fingerprint density at radius 1 is 1.36 bits per heavy atom. The van der Waals surface area contributed by atoms with E-state index in [9.17, 15) is 0 Å². The topological polar surface area (TPSA) is 49.3 Å². The van der Waals surface area contributed by atoms with E-state index in [0.29, 0.717) is 6.54 Å². The molecule has 0 radical (unpaired) electrons. The molecule has 5 heteroatoms. The number of aliphatic imine (C=N–C) groups is 1. The van der Waals surface area contributed by atoms with Crippen LogP contribution in [-0.4, -0.2) is 18.0 Å². The highest BCUT2D eigenvalue weighted by Gasteiger charge is 2.10. The Morgan fingerprint density at radius 2 is 2.14 bits per heavy atom. The summed E-state index contributed by atoms with van der Waals surface area (Å²) in [6.07, 6.45) is 2.99. The maximum atomic E-state index is 4.42. The molecule has 0 saturated heterocycles. The maximum absolute atomic E-state index is 4.42. The van der Waals surface area contributed by atoms with Crippen molar-refractivity contribution in [2.75, 3.05) is 7.05 Å². The average molecular weight is 316 g/mol. The second kappa shape index (κ2) is 7.94. The Hall–Kier alpha value is -1.88. The predicted octanol–water partition coefficient (Wildman–Crippen LogP) is 3.44. The lowest BCUT2D eigenvalue weighted by molar-refractivity contribution is 0.681. The van der Waals surface area contributed by atoms with Crippen LogP contribution in [0.1, 0.15) is 40.9 Å². The van der Waals surface area contributed by atoms with Crippen molar-refractivity contribution >= 4 is 17.3 Å². The molecule has 1 atom stereocenters. The molecule has 0 aliphatic carbocycles. The molecule has 0 fully saturated rings. The molecule has 2 N–H and O–H groups in total. The summed E-state index contributed by atoms with van der Waals surface area (Å²) in [6.45, 7) is 7.12. The largest absolute Gasteiger partial charge is 0.350 e. The van der Waals surface area contributed by atoms with Gasteiger partial charge in [0.2, 0.25) is 0 Å². The second-order valence-corrected chi connectivity index (χ2v) is 6.42. The third-order valence-corrected chi connectivity index (χ3v) is 4.73. The van der Waals surface area contributed by atoms with E-state index in [1.165, 1.54) is 16.0 Å². The average Bonchev–Trinajstić information content (AvgIpc) is 2.99. The van der Waals surface area contributed by atoms with Gasteiger partial charge in [0.15, 0.2) is 5.96 Å². The van der Waals surface area contributed by atoms with Crippen molar-refractivity contribution in [3.8, 4) is 0 Å². The van der Waals surface area contributed by atoms with Crippen LogP contribution >= 0.6 is 11.3 Å². The predicted molar refractivity (Wildman–Crippen MR) is 94.4 cm³/mol. The van der Waals surface area contributed by atoms with E-state index >= 15 is 0 Å². The molecule has 1 heterocycles. The summed E-state index contributed by atoms with van der Waals surface area (Å²) in [7, 11) is 1.79. The minimum atomic E-state index is 0.204. The van der Waals surface area contributed by atoms with Crippen LogP contribution in [0, 0.1) is 6.92 Å². The first-order valence-electron chi connectivity index (χ1n) is 7.60. The van der Waals surface area contributed by atoms with Gasteiger partial charge >= 0.3 is 0 Å². The second-order valence-electron chi connectivity index (χ2n) is 5.22. The number of rotatable bonds is 5. The van der Waals surface area contributed by atoms with Crippen LogP contribution in [0.3, 0.4) is 0 Å². The molecule has 1 aromatic carbocycles. The first-order valence-corrected chi connectivity index (χ1v) is 8.42. The van der Waals surface area contributed by atoms with E-state index in [2.05, 4.69) is 65.6 Å². The number of hydrogen-bond acceptors (Lipinski definition) is 3. The van der Waals surface area contributed by atoms with Gasteiger partial charge in [-0.2, -0.15) is 0 Å². The first kappa shape index (κ1) is 16.5. The minimum absolute atomic E-state index is 0.204. The van der Waals surface area contributed by atoms with Gasteiger partial charge in [0, 0.05) is 18.1 Å². The fourth-order valence-corrected chi connectivity index (χ4v) is 3.10. The van der Waals surface area contributed by atoms with Crippen LogP contribution in [0.25, 0.3) is 0 Å². The Morgan fingerprint density at radius 3 is 2.77 bits per heavy atom. The van der Waals surface area contributed by atoms with Gasteiger partial charge in [-0.3, -0.25) is 4.99 Å². The van der Waals surface area contributed by atoms with Crippen LogP contribution in [0.5, 0.6) is 0 Å². The highest BCUT2D eigenvalue weighted by molar-refractivity contribution is 7.11. The summed E-state index contributed by atoms with van der Waals surface area (Å²) in [5.41, 5.74) is 2.57. The summed E-state index contributed by atoms with van der Waals surface area (Å²) in [5.74, 6) is 0.795. The summed E-state index contributed by atoms with van der Waals surface area (Å²) in [4.78, 5) is 10.0. The molecule has 2 aromatic rings. The Labute approximate surface area is 136 Å². The van der Waals surface area contributed by atoms with Gasteiger partial charge < -0.3 is 10.6 Å². The van der Waals surface area contributed by atoms with E-state index in [1.54, 1.807) is 18.4 Å². The highest BCUT2D eigenvalue weighted by atomic mass is 32.1. The van der Waals surface area contributed by atoms with Crippen molar-refractivity contribution in [2.45, 2.75) is 39.8 Å². The molecule has 22 heavy (non-hydrogen) atoms. The van der Waals surface area contributed by atoms with Gasteiger partial charge in [-0.1, -0.05) is 31.2 Å². The summed E-state index contributed by atoms with van der Waals surface area (Å²) >= 11 is 1.75. The number of guanidine groups is 1. The van der Waals surface area contributed by atoms with Crippen molar-refractivity contribution in [3.63, 3.8) is 0 Å². The lowest BCUT2D eigenvalue weighted by atomic mass is 10.0. The van der Waals surface area contributed by atoms with E-state index in [-0.39, 0.29) is 6.04 Å². The quantitative estimate of drug-likeness (QED) is 0.656. The van der Waals surface area contributed by atoms with E-state index < -0.39 is 0 Å². The normalized spacial score (nSPS) is 13.0. The molecule has 1 unspecified atom stereocenters. The standard InChI is InChI=1S/C17H24N4S/c1-5-14-10-19-16(22-14)11-20-17(18-4)21-13(3)15-9-7-6-8-12(15)2/h6-10,13H,5,11H2,1-4H3,(H2,18,20,21). The SMILES string of the molecule is CCc1cnc(CNC(=NC)NC(C)c2ccccc2C)s1. The van der Waals surface area contributed by atoms with Crippen LogP contribution < -0.4 is 10.6 Å². The van der Waals surface area contributed by atoms with Gasteiger partial charge in [0.05, 0.1) is 12.6 Å². The molecule has 118 valence electrons. The van der Waals surface area contributed by atoms with Crippen LogP contribution in [0.15, 0.2) is 35.5 Å². The smallest absolute Gasteiger partial charge is 0.191 e. The van der Waals surface area contributed by atoms with Gasteiger partial charge in [0.1, 0.15) is 5.01 Å². The fourth-order valence-electron chi connectivity index (χ4n) is 2.30. The summed E-state index contributed by atoms with van der Waals surface area (Å²) in [6, 6.07) is 8.61. The van der Waals surface area contributed by atoms with Gasteiger partial charge in [-0.25, -0.2) is 4.98 Å². The number of aromatic nitrogens is 1. The Bertz CT molecular complexity index is 633. The lowest BCUT2D eigenvalue weighted by Crippen LogP contribution is -2.38. The Balaban J connectivity index is 1.93. The number of hydrogen-bond donors (Lipinski definition) is 2. The van der Waals surface area contributed by atoms with Crippen molar-refractivity contribution in [2.24, 2.45) is 4.99 Å². The Kier molecular flexibility index (Phi) is 5.95. The molecule has 0 aliphatic heterocycles. The number of nitrogens with one attached hydrogen (secondary N) is 2. The molecule has 0 saturated carbocycles. The fraction of sp³-hybridized carbons (Fsp3) is 0.412. The van der Waals surface area contributed by atoms with Gasteiger partial charge in [-0.05, 0) is 31.4 Å².